The number of carbonyl (C=O) groups is 2. The van der Waals surface area contributed by atoms with E-state index in [0.29, 0.717) is 25.2 Å². The maximum absolute atomic E-state index is 13.7. The minimum atomic E-state index is -0.507. The molecule has 2 heterocycles. The van der Waals surface area contributed by atoms with Gasteiger partial charge in [-0.3, -0.25) is 19.9 Å². The number of hydrogen-bond acceptors (Lipinski definition) is 6. The number of aliphatic hydroxyl groups is 1. The molecule has 0 aliphatic carbocycles. The van der Waals surface area contributed by atoms with Gasteiger partial charge in [-0.1, -0.05) is 24.3 Å². The van der Waals surface area contributed by atoms with Crippen LogP contribution in [0.5, 0.6) is 0 Å². The monoisotopic (exact) mass is 570 g/mol. The van der Waals surface area contributed by atoms with Gasteiger partial charge in [-0.25, -0.2) is 4.79 Å². The maximum Gasteiger partial charge on any atom is 0.411 e. The Morgan fingerprint density at radius 2 is 1.53 bits per heavy atom. The molecule has 0 bridgehead atoms. The predicted octanol–water partition coefficient (Wildman–Crippen LogP) is 3.43. The van der Waals surface area contributed by atoms with Crippen LogP contribution >= 0.6 is 24.8 Å². The van der Waals surface area contributed by atoms with Crippen molar-refractivity contribution in [1.82, 2.24) is 9.80 Å². The van der Waals surface area contributed by atoms with Crippen LogP contribution in [0.1, 0.15) is 31.4 Å². The highest BCUT2D eigenvalue weighted by Gasteiger charge is 2.27. The van der Waals surface area contributed by atoms with Gasteiger partial charge in [0.1, 0.15) is 0 Å². The molecule has 0 radical (unpaired) electrons. The van der Waals surface area contributed by atoms with Crippen molar-refractivity contribution in [1.29, 1.82) is 0 Å². The van der Waals surface area contributed by atoms with Crippen LogP contribution in [0, 0.1) is 0 Å². The number of benzene rings is 2. The standard InChI is InChI=1S/C27H36N4O4.2ClH.H2O/c1-20(2)35-27(34)28-23-10-9-22-8-7-21-5-3-4-6-24(21)31(25(22)19-23)26(33)11-12-29-13-15-30(16-14-29)17-18-32;;;/h3-6,9-10,19-20,32H,7-8,11-18H2,1-2H3,(H,28,34);2*1H;1H2. The molecule has 2 aromatic carbocycles. The van der Waals surface area contributed by atoms with Crippen LogP contribution in [0.15, 0.2) is 42.5 Å². The first-order valence-electron chi connectivity index (χ1n) is 12.5. The maximum atomic E-state index is 13.7. The van der Waals surface area contributed by atoms with Gasteiger partial charge >= 0.3 is 6.09 Å². The zero-order valence-electron chi connectivity index (χ0n) is 22.0. The Bertz CT molecular complexity index is 1050. The molecule has 212 valence electrons. The van der Waals surface area contributed by atoms with E-state index in [0.717, 1.165) is 61.5 Å². The summed E-state index contributed by atoms with van der Waals surface area (Å²) in [6.07, 6.45) is 1.35. The summed E-state index contributed by atoms with van der Waals surface area (Å²) in [4.78, 5) is 32.3. The molecule has 0 unspecified atom stereocenters. The van der Waals surface area contributed by atoms with Crippen molar-refractivity contribution < 1.29 is 24.9 Å². The lowest BCUT2D eigenvalue weighted by molar-refractivity contribution is -0.118. The Morgan fingerprint density at radius 3 is 2.16 bits per heavy atom. The third kappa shape index (κ3) is 8.56. The molecular formula is C27H40Cl2N4O5. The van der Waals surface area contributed by atoms with E-state index in [4.69, 9.17) is 9.84 Å². The smallest absolute Gasteiger partial charge is 0.411 e. The van der Waals surface area contributed by atoms with Crippen molar-refractivity contribution in [2.24, 2.45) is 0 Å². The number of para-hydroxylation sites is 1. The van der Waals surface area contributed by atoms with Crippen molar-refractivity contribution in [3.05, 3.63) is 53.6 Å². The van der Waals surface area contributed by atoms with E-state index in [1.165, 1.54) is 0 Å². The number of aryl methyl sites for hydroxylation is 2. The van der Waals surface area contributed by atoms with E-state index in [-0.39, 0.29) is 48.9 Å². The van der Waals surface area contributed by atoms with Crippen molar-refractivity contribution in [3.8, 4) is 0 Å². The quantitative estimate of drug-likeness (QED) is 0.526. The molecule has 2 aliphatic heterocycles. The Kier molecular flexibility index (Phi) is 14.1. The van der Waals surface area contributed by atoms with E-state index in [2.05, 4.69) is 21.2 Å². The van der Waals surface area contributed by atoms with Gasteiger partial charge < -0.3 is 20.2 Å². The lowest BCUT2D eigenvalue weighted by Gasteiger charge is -2.34. The van der Waals surface area contributed by atoms with Crippen LogP contribution in [0.4, 0.5) is 21.9 Å². The third-order valence-electron chi connectivity index (χ3n) is 6.58. The van der Waals surface area contributed by atoms with Crippen molar-refractivity contribution in [2.75, 3.05) is 56.1 Å². The zero-order valence-corrected chi connectivity index (χ0v) is 23.7. The fraction of sp³-hybridized carbons (Fsp3) is 0.481. The molecule has 1 saturated heterocycles. The molecule has 2 aliphatic rings. The second kappa shape index (κ2) is 15.9. The average Bonchev–Trinajstić information content (AvgIpc) is 2.99. The lowest BCUT2D eigenvalue weighted by Crippen LogP contribution is -2.47. The van der Waals surface area contributed by atoms with Crippen LogP contribution in [0.2, 0.25) is 0 Å². The summed E-state index contributed by atoms with van der Waals surface area (Å²) >= 11 is 0. The molecule has 2 aromatic rings. The number of rotatable bonds is 7. The number of amides is 2. The average molecular weight is 572 g/mol. The highest BCUT2D eigenvalue weighted by molar-refractivity contribution is 6.03. The molecular weight excluding hydrogens is 531 g/mol. The molecule has 0 saturated carbocycles. The SMILES string of the molecule is CC(C)OC(=O)Nc1ccc2c(c1)N(C(=O)CCN1CCN(CCO)CC1)c1ccccc1CC2.Cl.Cl.O. The largest absolute Gasteiger partial charge is 0.447 e. The summed E-state index contributed by atoms with van der Waals surface area (Å²) in [5.41, 5.74) is 4.55. The number of nitrogens with zero attached hydrogens (tertiary/aromatic N) is 3. The van der Waals surface area contributed by atoms with Crippen molar-refractivity contribution >= 4 is 53.9 Å². The molecule has 0 atom stereocenters. The predicted molar refractivity (Wildman–Crippen MR) is 155 cm³/mol. The summed E-state index contributed by atoms with van der Waals surface area (Å²) < 4.78 is 5.23. The summed E-state index contributed by atoms with van der Waals surface area (Å²) in [5, 5.41) is 12.0. The highest BCUT2D eigenvalue weighted by atomic mass is 35.5. The molecule has 11 heteroatoms. The van der Waals surface area contributed by atoms with Crippen LogP contribution in [-0.4, -0.2) is 84.4 Å². The number of carbonyl (C=O) groups excluding carboxylic acids is 2. The fourth-order valence-corrected chi connectivity index (χ4v) is 4.77. The fourth-order valence-electron chi connectivity index (χ4n) is 4.77. The van der Waals surface area contributed by atoms with Crippen LogP contribution in [-0.2, 0) is 22.4 Å². The molecule has 9 nitrogen and oxygen atoms in total. The summed E-state index contributed by atoms with van der Waals surface area (Å²) in [7, 11) is 0. The lowest BCUT2D eigenvalue weighted by atomic mass is 10.0. The van der Waals surface area contributed by atoms with Crippen LogP contribution in [0.25, 0.3) is 0 Å². The van der Waals surface area contributed by atoms with Crippen LogP contribution in [0.3, 0.4) is 0 Å². The minimum absolute atomic E-state index is 0. The number of β-amino-alcohol motifs (C(OH)–C–C–N with tert-alkyl or cyclic N) is 1. The van der Waals surface area contributed by atoms with Gasteiger partial charge in [0.15, 0.2) is 0 Å². The Labute approximate surface area is 237 Å². The molecule has 0 aromatic heterocycles. The number of aliphatic hydroxyl groups excluding tert-OH is 1. The second-order valence-corrected chi connectivity index (χ2v) is 9.44. The van der Waals surface area contributed by atoms with E-state index in [1.807, 2.05) is 41.3 Å². The highest BCUT2D eigenvalue weighted by Crippen LogP contribution is 2.38. The number of ether oxygens (including phenoxy) is 1. The minimum Gasteiger partial charge on any atom is -0.447 e. The second-order valence-electron chi connectivity index (χ2n) is 9.44. The molecule has 1 fully saturated rings. The number of nitrogens with one attached hydrogen (secondary N) is 1. The molecule has 2 amide bonds. The third-order valence-corrected chi connectivity index (χ3v) is 6.58. The van der Waals surface area contributed by atoms with Gasteiger partial charge in [-0.15, -0.1) is 24.8 Å². The van der Waals surface area contributed by atoms with Gasteiger partial charge in [0, 0.05) is 51.4 Å². The van der Waals surface area contributed by atoms with Gasteiger partial charge in [-0.2, -0.15) is 0 Å². The van der Waals surface area contributed by atoms with Crippen LogP contribution < -0.4 is 10.2 Å². The van der Waals surface area contributed by atoms with E-state index in [9.17, 15) is 9.59 Å². The topological polar surface area (TPSA) is 117 Å². The number of fused-ring (bicyclic) bond motifs is 2. The van der Waals surface area contributed by atoms with E-state index >= 15 is 0 Å². The van der Waals surface area contributed by atoms with E-state index in [1.54, 1.807) is 13.8 Å². The number of hydrogen-bond donors (Lipinski definition) is 2. The van der Waals surface area contributed by atoms with Gasteiger partial charge in [0.25, 0.3) is 0 Å². The number of piperazine rings is 1. The molecule has 38 heavy (non-hydrogen) atoms. The van der Waals surface area contributed by atoms with Crippen molar-refractivity contribution in [2.45, 2.75) is 39.2 Å². The molecule has 0 spiro atoms. The number of halogens is 2. The Hall–Kier alpha value is -2.40. The Balaban J connectivity index is 0.00000241. The van der Waals surface area contributed by atoms with Gasteiger partial charge in [-0.05, 0) is 56.0 Å². The number of anilines is 3. The first-order valence-corrected chi connectivity index (χ1v) is 12.5. The first kappa shape index (κ1) is 33.6. The normalized spacial score (nSPS) is 15.1. The molecule has 4 N–H and O–H groups in total. The Morgan fingerprint density at radius 1 is 0.921 bits per heavy atom. The zero-order chi connectivity index (χ0) is 24.8. The van der Waals surface area contributed by atoms with Gasteiger partial charge in [0.2, 0.25) is 5.91 Å². The summed E-state index contributed by atoms with van der Waals surface area (Å²) in [5.74, 6) is 0.0419. The summed E-state index contributed by atoms with van der Waals surface area (Å²) in [6, 6.07) is 13.8. The van der Waals surface area contributed by atoms with Gasteiger partial charge in [0.05, 0.1) is 24.1 Å². The first-order chi connectivity index (χ1) is 16.9. The van der Waals surface area contributed by atoms with Crippen molar-refractivity contribution in [3.63, 3.8) is 0 Å². The summed E-state index contributed by atoms with van der Waals surface area (Å²) in [6.45, 7) is 8.79. The van der Waals surface area contributed by atoms with E-state index < -0.39 is 6.09 Å². The molecule has 4 rings (SSSR count).